The third-order valence-corrected chi connectivity index (χ3v) is 5.13. The number of benzene rings is 1. The van der Waals surface area contributed by atoms with Crippen molar-refractivity contribution >= 4 is 17.5 Å². The average molecular weight is 367 g/mol. The van der Waals surface area contributed by atoms with Crippen LogP contribution in [0.4, 0.5) is 0 Å². The van der Waals surface area contributed by atoms with Gasteiger partial charge in [0.25, 0.3) is 5.91 Å². The zero-order chi connectivity index (χ0) is 18.1. The molecule has 1 fully saturated rings. The van der Waals surface area contributed by atoms with Gasteiger partial charge in [0, 0.05) is 24.0 Å². The second kappa shape index (κ2) is 6.92. The van der Waals surface area contributed by atoms with Gasteiger partial charge in [-0.1, -0.05) is 17.7 Å². The summed E-state index contributed by atoms with van der Waals surface area (Å²) in [6.07, 6.45) is 7.18. The lowest BCUT2D eigenvalue weighted by molar-refractivity contribution is 0.0735. The van der Waals surface area contributed by atoms with E-state index in [4.69, 9.17) is 11.6 Å². The second-order valence-corrected chi connectivity index (χ2v) is 6.91. The summed E-state index contributed by atoms with van der Waals surface area (Å²) >= 11 is 6.09. The van der Waals surface area contributed by atoms with Gasteiger partial charge in [0.15, 0.2) is 0 Å². The van der Waals surface area contributed by atoms with Crippen molar-refractivity contribution in [1.82, 2.24) is 19.7 Å². The van der Waals surface area contributed by atoms with Gasteiger partial charge in [-0.15, -0.1) is 0 Å². The molecule has 0 saturated carbocycles. The van der Waals surface area contributed by atoms with E-state index in [1.807, 2.05) is 48.2 Å². The Hall–Kier alpha value is -2.66. The minimum Gasteiger partial charge on any atom is -0.331 e. The number of nitrogens with zero attached hydrogens (tertiary/aromatic N) is 4. The van der Waals surface area contributed by atoms with E-state index in [1.54, 1.807) is 23.3 Å². The van der Waals surface area contributed by atoms with Crippen molar-refractivity contribution in [2.45, 2.75) is 25.8 Å². The number of likely N-dealkylation sites (tertiary alicyclic amines) is 1. The Labute approximate surface area is 157 Å². The summed E-state index contributed by atoms with van der Waals surface area (Å²) < 4.78 is 1.76. The molecule has 0 spiro atoms. The van der Waals surface area contributed by atoms with Gasteiger partial charge >= 0.3 is 0 Å². The molecule has 3 aromatic rings. The van der Waals surface area contributed by atoms with Crippen LogP contribution in [0.15, 0.2) is 55.0 Å². The summed E-state index contributed by atoms with van der Waals surface area (Å²) in [6, 6.07) is 11.5. The van der Waals surface area contributed by atoms with Crippen molar-refractivity contribution in [2.75, 3.05) is 6.54 Å². The molecule has 1 saturated heterocycles. The lowest BCUT2D eigenvalue weighted by Gasteiger charge is -2.25. The quantitative estimate of drug-likeness (QED) is 0.697. The molecule has 1 aliphatic rings. The van der Waals surface area contributed by atoms with Crippen LogP contribution in [-0.2, 0) is 0 Å². The zero-order valence-electron chi connectivity index (χ0n) is 14.5. The molecule has 1 atom stereocenters. The van der Waals surface area contributed by atoms with Gasteiger partial charge in [0.05, 0.1) is 29.2 Å². The van der Waals surface area contributed by atoms with Gasteiger partial charge in [-0.05, 0) is 55.7 Å². The number of hydrogen-bond donors (Lipinski definition) is 0. The summed E-state index contributed by atoms with van der Waals surface area (Å²) in [5.41, 5.74) is 3.43. The van der Waals surface area contributed by atoms with Gasteiger partial charge in [-0.25, -0.2) is 4.68 Å². The van der Waals surface area contributed by atoms with E-state index in [-0.39, 0.29) is 11.9 Å². The molecule has 2 aromatic heterocycles. The molecule has 132 valence electrons. The first kappa shape index (κ1) is 16.8. The van der Waals surface area contributed by atoms with E-state index >= 15 is 0 Å². The van der Waals surface area contributed by atoms with E-state index in [9.17, 15) is 4.79 Å². The fourth-order valence-electron chi connectivity index (χ4n) is 3.58. The van der Waals surface area contributed by atoms with Crippen molar-refractivity contribution < 1.29 is 4.79 Å². The first-order chi connectivity index (χ1) is 12.6. The highest BCUT2D eigenvalue weighted by Crippen LogP contribution is 2.33. The summed E-state index contributed by atoms with van der Waals surface area (Å²) in [6.45, 7) is 2.67. The highest BCUT2D eigenvalue weighted by molar-refractivity contribution is 6.30. The predicted molar refractivity (Wildman–Crippen MR) is 101 cm³/mol. The van der Waals surface area contributed by atoms with Gasteiger partial charge in [-0.3, -0.25) is 9.78 Å². The normalized spacial score (nSPS) is 16.8. The van der Waals surface area contributed by atoms with Crippen LogP contribution in [0.5, 0.6) is 0 Å². The largest absolute Gasteiger partial charge is 0.331 e. The van der Waals surface area contributed by atoms with E-state index in [0.29, 0.717) is 10.6 Å². The van der Waals surface area contributed by atoms with Crippen LogP contribution in [0.2, 0.25) is 5.02 Å². The number of hydrogen-bond acceptors (Lipinski definition) is 3. The summed E-state index contributed by atoms with van der Waals surface area (Å²) in [5, 5.41) is 5.06. The topological polar surface area (TPSA) is 51.0 Å². The molecule has 1 amide bonds. The molecule has 1 unspecified atom stereocenters. The Morgan fingerprint density at radius 3 is 2.81 bits per heavy atom. The maximum atomic E-state index is 13.2. The van der Waals surface area contributed by atoms with Crippen molar-refractivity contribution in [3.8, 4) is 5.69 Å². The molecule has 0 N–H and O–H groups in total. The Bertz CT molecular complexity index is 938. The van der Waals surface area contributed by atoms with E-state index in [1.165, 1.54) is 0 Å². The van der Waals surface area contributed by atoms with E-state index in [2.05, 4.69) is 10.1 Å². The molecule has 4 rings (SSSR count). The van der Waals surface area contributed by atoms with Crippen molar-refractivity contribution in [1.29, 1.82) is 0 Å². The Morgan fingerprint density at radius 1 is 1.23 bits per heavy atom. The molecular weight excluding hydrogens is 348 g/mol. The van der Waals surface area contributed by atoms with Crippen LogP contribution in [-0.4, -0.2) is 32.1 Å². The molecule has 26 heavy (non-hydrogen) atoms. The molecule has 0 aliphatic carbocycles. The average Bonchev–Trinajstić information content (AvgIpc) is 3.29. The van der Waals surface area contributed by atoms with Gasteiger partial charge in [-0.2, -0.15) is 5.10 Å². The van der Waals surface area contributed by atoms with Gasteiger partial charge < -0.3 is 4.90 Å². The molecule has 0 radical (unpaired) electrons. The fourth-order valence-corrected chi connectivity index (χ4v) is 3.77. The molecule has 0 bridgehead atoms. The second-order valence-electron chi connectivity index (χ2n) is 6.47. The van der Waals surface area contributed by atoms with Crippen LogP contribution in [0.1, 0.15) is 40.5 Å². The smallest absolute Gasteiger partial charge is 0.257 e. The summed E-state index contributed by atoms with van der Waals surface area (Å²) in [7, 11) is 0. The monoisotopic (exact) mass is 366 g/mol. The number of aromatic nitrogens is 3. The fraction of sp³-hybridized carbons (Fsp3) is 0.250. The molecular formula is C20H19ClN4O. The van der Waals surface area contributed by atoms with Crippen molar-refractivity contribution in [3.63, 3.8) is 0 Å². The lowest BCUT2D eigenvalue weighted by Crippen LogP contribution is -2.30. The summed E-state index contributed by atoms with van der Waals surface area (Å²) in [5.74, 6) is 0.0232. The predicted octanol–water partition coefficient (Wildman–Crippen LogP) is 4.21. The number of pyridine rings is 1. The van der Waals surface area contributed by atoms with Crippen LogP contribution in [0.25, 0.3) is 5.69 Å². The van der Waals surface area contributed by atoms with Crippen LogP contribution < -0.4 is 0 Å². The molecule has 3 heterocycles. The Balaban J connectivity index is 1.65. The third-order valence-electron chi connectivity index (χ3n) is 4.90. The minimum absolute atomic E-state index is 0.0232. The Morgan fingerprint density at radius 2 is 2.04 bits per heavy atom. The highest BCUT2D eigenvalue weighted by atomic mass is 35.5. The number of halogens is 1. The Kier molecular flexibility index (Phi) is 4.47. The molecule has 1 aromatic carbocycles. The standard InChI is InChI=1S/C20H19ClN4O/c1-14-18(13-23-25(14)17-5-2-4-16(21)12-17)20(26)24-11-3-6-19(24)15-7-9-22-10-8-15/h2,4-5,7-10,12-13,19H,3,6,11H2,1H3. The summed E-state index contributed by atoms with van der Waals surface area (Å²) in [4.78, 5) is 19.2. The number of carbonyl (C=O) groups is 1. The molecule has 1 aliphatic heterocycles. The van der Waals surface area contributed by atoms with Gasteiger partial charge in [0.1, 0.15) is 0 Å². The highest BCUT2D eigenvalue weighted by Gasteiger charge is 2.32. The third kappa shape index (κ3) is 2.99. The van der Waals surface area contributed by atoms with E-state index in [0.717, 1.165) is 36.3 Å². The van der Waals surface area contributed by atoms with Crippen LogP contribution >= 0.6 is 11.6 Å². The number of rotatable bonds is 3. The molecule has 5 nitrogen and oxygen atoms in total. The minimum atomic E-state index is 0.0232. The zero-order valence-corrected chi connectivity index (χ0v) is 15.2. The first-order valence-electron chi connectivity index (χ1n) is 8.66. The lowest BCUT2D eigenvalue weighted by atomic mass is 10.1. The molecule has 6 heteroatoms. The maximum absolute atomic E-state index is 13.2. The van der Waals surface area contributed by atoms with Crippen molar-refractivity contribution in [2.24, 2.45) is 0 Å². The van der Waals surface area contributed by atoms with E-state index < -0.39 is 0 Å². The van der Waals surface area contributed by atoms with Crippen molar-refractivity contribution in [3.05, 3.63) is 76.8 Å². The first-order valence-corrected chi connectivity index (χ1v) is 9.04. The SMILES string of the molecule is Cc1c(C(=O)N2CCCC2c2ccncc2)cnn1-c1cccc(Cl)c1. The van der Waals surface area contributed by atoms with Crippen LogP contribution in [0, 0.1) is 6.92 Å². The number of amides is 1. The maximum Gasteiger partial charge on any atom is 0.257 e. The van der Waals surface area contributed by atoms with Crippen LogP contribution in [0.3, 0.4) is 0 Å². The number of carbonyl (C=O) groups excluding carboxylic acids is 1. The van der Waals surface area contributed by atoms with Gasteiger partial charge in [0.2, 0.25) is 0 Å².